The van der Waals surface area contributed by atoms with Gasteiger partial charge < -0.3 is 14.8 Å². The lowest BCUT2D eigenvalue weighted by atomic mass is 10.0. The van der Waals surface area contributed by atoms with Gasteiger partial charge in [0.1, 0.15) is 0 Å². The first kappa shape index (κ1) is 16.4. The van der Waals surface area contributed by atoms with E-state index in [2.05, 4.69) is 18.3 Å². The van der Waals surface area contributed by atoms with Crippen LogP contribution >= 0.6 is 11.6 Å². The quantitative estimate of drug-likeness (QED) is 0.705. The van der Waals surface area contributed by atoms with Gasteiger partial charge in [-0.3, -0.25) is 0 Å². The van der Waals surface area contributed by atoms with E-state index in [0.29, 0.717) is 25.7 Å². The van der Waals surface area contributed by atoms with Gasteiger partial charge in [-0.2, -0.15) is 0 Å². The van der Waals surface area contributed by atoms with Gasteiger partial charge in [0.05, 0.1) is 0 Å². The molecule has 0 bridgehead atoms. The molecule has 19 heavy (non-hydrogen) atoms. The maximum atomic E-state index is 6.00. The van der Waals surface area contributed by atoms with Gasteiger partial charge in [-0.25, -0.2) is 0 Å². The average molecular weight is 286 g/mol. The van der Waals surface area contributed by atoms with Gasteiger partial charge in [-0.15, -0.1) is 0 Å². The molecule has 4 heteroatoms. The Balaban J connectivity index is 2.35. The minimum atomic E-state index is -0.165. The topological polar surface area (TPSA) is 30.5 Å². The highest BCUT2D eigenvalue weighted by Gasteiger charge is 2.09. The summed E-state index contributed by atoms with van der Waals surface area (Å²) in [6.07, 6.45) is -0.165. The molecule has 0 aromatic heterocycles. The van der Waals surface area contributed by atoms with Crippen molar-refractivity contribution in [2.75, 3.05) is 26.3 Å². The first-order chi connectivity index (χ1) is 9.17. The maximum Gasteiger partial charge on any atom is 0.169 e. The van der Waals surface area contributed by atoms with E-state index in [0.717, 1.165) is 11.6 Å². The SMILES string of the molecule is CCOC(CNC[C@H](C)c1cccc(Cl)c1)OCC. The summed E-state index contributed by atoms with van der Waals surface area (Å²) in [5.74, 6) is 0.405. The highest BCUT2D eigenvalue weighted by molar-refractivity contribution is 6.30. The molecule has 1 aromatic rings. The van der Waals surface area contributed by atoms with Gasteiger partial charge in [0.25, 0.3) is 0 Å². The van der Waals surface area contributed by atoms with Gasteiger partial charge in [-0.1, -0.05) is 30.7 Å². The molecular weight excluding hydrogens is 262 g/mol. The molecular formula is C15H24ClNO2. The highest BCUT2D eigenvalue weighted by atomic mass is 35.5. The second-order valence-electron chi connectivity index (χ2n) is 4.45. The lowest BCUT2D eigenvalue weighted by Crippen LogP contribution is -2.33. The number of hydrogen-bond acceptors (Lipinski definition) is 3. The third kappa shape index (κ3) is 6.39. The molecule has 0 heterocycles. The Bertz CT molecular complexity index is 354. The number of benzene rings is 1. The number of halogens is 1. The molecule has 0 unspecified atom stereocenters. The smallest absolute Gasteiger partial charge is 0.169 e. The zero-order chi connectivity index (χ0) is 14.1. The molecule has 0 radical (unpaired) electrons. The second kappa shape index (κ2) is 9.32. The minimum Gasteiger partial charge on any atom is -0.352 e. The largest absolute Gasteiger partial charge is 0.352 e. The van der Waals surface area contributed by atoms with Crippen LogP contribution in [0.5, 0.6) is 0 Å². The molecule has 0 fully saturated rings. The summed E-state index contributed by atoms with van der Waals surface area (Å²) in [6, 6.07) is 7.99. The zero-order valence-electron chi connectivity index (χ0n) is 12.0. The normalized spacial score (nSPS) is 12.9. The number of nitrogens with one attached hydrogen (secondary N) is 1. The van der Waals surface area contributed by atoms with Crippen LogP contribution in [0.15, 0.2) is 24.3 Å². The van der Waals surface area contributed by atoms with Gasteiger partial charge in [0, 0.05) is 31.3 Å². The molecule has 1 rings (SSSR count). The summed E-state index contributed by atoms with van der Waals surface area (Å²) in [5.41, 5.74) is 1.24. The third-order valence-electron chi connectivity index (χ3n) is 2.88. The predicted octanol–water partition coefficient (Wildman–Crippen LogP) is 3.43. The summed E-state index contributed by atoms with van der Waals surface area (Å²) in [6.45, 7) is 9.02. The third-order valence-corrected chi connectivity index (χ3v) is 3.12. The van der Waals surface area contributed by atoms with Crippen LogP contribution in [0.4, 0.5) is 0 Å². The van der Waals surface area contributed by atoms with Crippen LogP contribution in [-0.4, -0.2) is 32.6 Å². The number of hydrogen-bond donors (Lipinski definition) is 1. The van der Waals surface area contributed by atoms with Gasteiger partial charge in [0.15, 0.2) is 6.29 Å². The molecule has 0 saturated heterocycles. The van der Waals surface area contributed by atoms with Crippen LogP contribution < -0.4 is 5.32 Å². The van der Waals surface area contributed by atoms with Crippen molar-refractivity contribution in [3.05, 3.63) is 34.9 Å². The summed E-state index contributed by atoms with van der Waals surface area (Å²) >= 11 is 6.00. The fourth-order valence-electron chi connectivity index (χ4n) is 1.89. The second-order valence-corrected chi connectivity index (χ2v) is 4.89. The van der Waals surface area contributed by atoms with Crippen LogP contribution in [0.25, 0.3) is 0 Å². The van der Waals surface area contributed by atoms with E-state index in [1.165, 1.54) is 5.56 Å². The van der Waals surface area contributed by atoms with E-state index in [9.17, 15) is 0 Å². The van der Waals surface area contributed by atoms with Crippen LogP contribution in [0.3, 0.4) is 0 Å². The van der Waals surface area contributed by atoms with Crippen LogP contribution in [0, 0.1) is 0 Å². The van der Waals surface area contributed by atoms with Crippen molar-refractivity contribution >= 4 is 11.6 Å². The lowest BCUT2D eigenvalue weighted by molar-refractivity contribution is -0.132. The van der Waals surface area contributed by atoms with Gasteiger partial charge in [-0.05, 0) is 37.5 Å². The molecule has 0 spiro atoms. The first-order valence-electron chi connectivity index (χ1n) is 6.86. The Hall–Kier alpha value is -0.610. The molecule has 1 N–H and O–H groups in total. The Kier molecular flexibility index (Phi) is 8.07. The molecule has 1 atom stereocenters. The Morgan fingerprint density at radius 2 is 1.84 bits per heavy atom. The first-order valence-corrected chi connectivity index (χ1v) is 7.24. The van der Waals surface area contributed by atoms with E-state index in [1.807, 2.05) is 32.0 Å². The molecule has 0 aliphatic heterocycles. The highest BCUT2D eigenvalue weighted by Crippen LogP contribution is 2.18. The predicted molar refractivity (Wildman–Crippen MR) is 79.8 cm³/mol. The summed E-state index contributed by atoms with van der Waals surface area (Å²) < 4.78 is 11.0. The molecule has 108 valence electrons. The molecule has 0 aliphatic carbocycles. The number of rotatable bonds is 9. The van der Waals surface area contributed by atoms with Crippen molar-refractivity contribution in [3.63, 3.8) is 0 Å². The van der Waals surface area contributed by atoms with E-state index in [1.54, 1.807) is 0 Å². The standard InChI is InChI=1S/C15H24ClNO2/c1-4-18-15(19-5-2)11-17-10-12(3)13-7-6-8-14(16)9-13/h6-9,12,15,17H,4-5,10-11H2,1-3H3/t12-/m0/s1. The minimum absolute atomic E-state index is 0.165. The summed E-state index contributed by atoms with van der Waals surface area (Å²) in [4.78, 5) is 0. The van der Waals surface area contributed by atoms with Crippen molar-refractivity contribution < 1.29 is 9.47 Å². The fraction of sp³-hybridized carbons (Fsp3) is 0.600. The van der Waals surface area contributed by atoms with Gasteiger partial charge >= 0.3 is 0 Å². The van der Waals surface area contributed by atoms with Crippen molar-refractivity contribution in [1.29, 1.82) is 0 Å². The number of ether oxygens (including phenoxy) is 2. The summed E-state index contributed by atoms with van der Waals surface area (Å²) in [7, 11) is 0. The van der Waals surface area contributed by atoms with Crippen LogP contribution in [0.2, 0.25) is 5.02 Å². The molecule has 1 aromatic carbocycles. The van der Waals surface area contributed by atoms with Crippen molar-refractivity contribution in [3.8, 4) is 0 Å². The van der Waals surface area contributed by atoms with E-state index in [-0.39, 0.29) is 6.29 Å². The average Bonchev–Trinajstić information content (AvgIpc) is 2.39. The Labute approximate surface area is 121 Å². The summed E-state index contributed by atoms with van der Waals surface area (Å²) in [5, 5.41) is 4.16. The molecule has 0 aliphatic rings. The van der Waals surface area contributed by atoms with Crippen molar-refractivity contribution in [2.24, 2.45) is 0 Å². The van der Waals surface area contributed by atoms with E-state index < -0.39 is 0 Å². The lowest BCUT2D eigenvalue weighted by Gasteiger charge is -2.19. The fourth-order valence-corrected chi connectivity index (χ4v) is 2.09. The van der Waals surface area contributed by atoms with Gasteiger partial charge in [0.2, 0.25) is 0 Å². The Morgan fingerprint density at radius 1 is 1.16 bits per heavy atom. The molecule has 3 nitrogen and oxygen atoms in total. The van der Waals surface area contributed by atoms with Crippen LogP contribution in [-0.2, 0) is 9.47 Å². The van der Waals surface area contributed by atoms with Crippen molar-refractivity contribution in [2.45, 2.75) is 33.0 Å². The van der Waals surface area contributed by atoms with E-state index >= 15 is 0 Å². The van der Waals surface area contributed by atoms with Crippen molar-refractivity contribution in [1.82, 2.24) is 5.32 Å². The van der Waals surface area contributed by atoms with Crippen LogP contribution in [0.1, 0.15) is 32.3 Å². The van der Waals surface area contributed by atoms with E-state index in [4.69, 9.17) is 21.1 Å². The zero-order valence-corrected chi connectivity index (χ0v) is 12.7. The monoisotopic (exact) mass is 285 g/mol. The molecule has 0 saturated carbocycles. The Morgan fingerprint density at radius 3 is 2.42 bits per heavy atom. The maximum absolute atomic E-state index is 6.00. The molecule has 0 amide bonds.